The Balaban J connectivity index is 1.35. The van der Waals surface area contributed by atoms with Crippen LogP contribution in [0.4, 0.5) is 10.5 Å². The molecule has 2 aromatic carbocycles. The standard InChI is InChI=1S/C33H33ClN4O3/c1-19-22(24-14-7-15-25(29(24)34)28-17-21-11-6-13-23(21)32(36-28)41-4)12-8-16-27(19)35-31(39)26-18-37(2)33(40)38(3)30(26)20-9-5-10-20/h7-8,12,14-18H,5-6,9-11,13H2,1-4H3,(H,35,39). The van der Waals surface area contributed by atoms with Crippen molar-refractivity contribution in [3.8, 4) is 28.3 Å². The summed E-state index contributed by atoms with van der Waals surface area (Å²) in [5.41, 5.74) is 9.80. The second-order valence-corrected chi connectivity index (χ2v) is 11.3. The van der Waals surface area contributed by atoms with E-state index in [2.05, 4.69) is 11.4 Å². The molecule has 0 radical (unpaired) electrons. The van der Waals surface area contributed by atoms with Gasteiger partial charge in [0.25, 0.3) is 5.91 Å². The molecule has 0 unspecified atom stereocenters. The topological polar surface area (TPSA) is 74.8 Å². The Morgan fingerprint density at radius 3 is 2.44 bits per heavy atom. The maximum absolute atomic E-state index is 13.7. The van der Waals surface area contributed by atoms with Crippen LogP contribution in [0.25, 0.3) is 22.4 Å². The molecule has 3 amide bonds. The Kier molecular flexibility index (Phi) is 7.08. The summed E-state index contributed by atoms with van der Waals surface area (Å²) in [6, 6.07) is 13.7. The van der Waals surface area contributed by atoms with Crippen molar-refractivity contribution in [3.63, 3.8) is 0 Å². The number of hydrogen-bond acceptors (Lipinski definition) is 4. The maximum atomic E-state index is 13.7. The Bertz CT molecular complexity index is 1650. The van der Waals surface area contributed by atoms with E-state index < -0.39 is 0 Å². The summed E-state index contributed by atoms with van der Waals surface area (Å²) in [6.45, 7) is 1.98. The van der Waals surface area contributed by atoms with Gasteiger partial charge in [-0.25, -0.2) is 9.78 Å². The van der Waals surface area contributed by atoms with Crippen molar-refractivity contribution < 1.29 is 14.3 Å². The molecular formula is C33H33ClN4O3. The van der Waals surface area contributed by atoms with Gasteiger partial charge < -0.3 is 15.0 Å². The number of aromatic nitrogens is 1. The molecule has 0 bridgehead atoms. The molecule has 1 aromatic heterocycles. The molecule has 41 heavy (non-hydrogen) atoms. The fourth-order valence-electron chi connectivity index (χ4n) is 6.05. The predicted octanol–water partition coefficient (Wildman–Crippen LogP) is 7.13. The van der Waals surface area contributed by atoms with E-state index in [9.17, 15) is 9.59 Å². The number of allylic oxidation sites excluding steroid dienone is 1. The van der Waals surface area contributed by atoms with Gasteiger partial charge in [-0.05, 0) is 79.8 Å². The second kappa shape index (κ2) is 10.7. The third-order valence-electron chi connectivity index (χ3n) is 8.43. The van der Waals surface area contributed by atoms with Crippen molar-refractivity contribution in [1.29, 1.82) is 0 Å². The van der Waals surface area contributed by atoms with Crippen LogP contribution in [0.2, 0.25) is 5.02 Å². The van der Waals surface area contributed by atoms with Crippen LogP contribution in [0.15, 0.2) is 65.5 Å². The minimum absolute atomic E-state index is 0.154. The van der Waals surface area contributed by atoms with E-state index in [0.717, 1.165) is 77.7 Å². The molecule has 3 aromatic rings. The number of likely N-dealkylation sites (N-methyl/N-ethyl adjacent to an activating group) is 1. The van der Waals surface area contributed by atoms with Crippen LogP contribution < -0.4 is 10.1 Å². The monoisotopic (exact) mass is 568 g/mol. The SMILES string of the molecule is COc1nc(-c2cccc(-c3cccc(NC(=O)C4=CN(C)C(=O)N(C)C4=C4CCC4)c3C)c2Cl)cc2c1CCC2. The van der Waals surface area contributed by atoms with Crippen LogP contribution in [-0.4, -0.2) is 47.9 Å². The van der Waals surface area contributed by atoms with Crippen molar-refractivity contribution in [2.24, 2.45) is 0 Å². The summed E-state index contributed by atoms with van der Waals surface area (Å²) in [5.74, 6) is 0.420. The van der Waals surface area contributed by atoms with Gasteiger partial charge in [-0.3, -0.25) is 9.69 Å². The third-order valence-corrected chi connectivity index (χ3v) is 8.84. The van der Waals surface area contributed by atoms with Crippen LogP contribution in [0.5, 0.6) is 5.88 Å². The van der Waals surface area contributed by atoms with E-state index in [0.29, 0.717) is 22.2 Å². The second-order valence-electron chi connectivity index (χ2n) is 10.9. The number of fused-ring (bicyclic) bond motifs is 1. The lowest BCUT2D eigenvalue weighted by atomic mass is 9.87. The zero-order valence-electron chi connectivity index (χ0n) is 23.8. The van der Waals surface area contributed by atoms with Gasteiger partial charge in [0.1, 0.15) is 0 Å². The Hall–Kier alpha value is -4.10. The highest BCUT2D eigenvalue weighted by Gasteiger charge is 2.33. The van der Waals surface area contributed by atoms with Gasteiger partial charge in [0.05, 0.1) is 29.1 Å². The number of urea groups is 1. The summed E-state index contributed by atoms with van der Waals surface area (Å²) in [7, 11) is 5.06. The highest BCUT2D eigenvalue weighted by molar-refractivity contribution is 6.36. The highest BCUT2D eigenvalue weighted by Crippen LogP contribution is 2.41. The number of anilines is 1. The molecule has 210 valence electrons. The van der Waals surface area contributed by atoms with Gasteiger partial charge in [0.2, 0.25) is 5.88 Å². The normalized spacial score (nSPS) is 16.4. The van der Waals surface area contributed by atoms with Gasteiger partial charge in [-0.1, -0.05) is 41.9 Å². The molecule has 8 heteroatoms. The van der Waals surface area contributed by atoms with Crippen molar-refractivity contribution in [3.05, 3.63) is 87.2 Å². The predicted molar refractivity (Wildman–Crippen MR) is 162 cm³/mol. The first-order valence-corrected chi connectivity index (χ1v) is 14.4. The number of nitrogens with zero attached hydrogens (tertiary/aromatic N) is 3. The molecule has 0 spiro atoms. The van der Waals surface area contributed by atoms with E-state index in [1.165, 1.54) is 16.0 Å². The Morgan fingerprint density at radius 2 is 1.71 bits per heavy atom. The molecule has 1 aliphatic heterocycles. The van der Waals surface area contributed by atoms with Crippen molar-refractivity contribution >= 4 is 29.2 Å². The zero-order chi connectivity index (χ0) is 28.8. The minimum Gasteiger partial charge on any atom is -0.481 e. The molecule has 2 heterocycles. The number of amides is 3. The molecule has 0 atom stereocenters. The van der Waals surface area contributed by atoms with Gasteiger partial charge in [0, 0.05) is 42.7 Å². The Morgan fingerprint density at radius 1 is 1.00 bits per heavy atom. The third kappa shape index (κ3) is 4.68. The summed E-state index contributed by atoms with van der Waals surface area (Å²) in [6.07, 6.45) is 7.59. The fraction of sp³-hybridized carbons (Fsp3) is 0.303. The molecule has 1 N–H and O–H groups in total. The minimum atomic E-state index is -0.250. The lowest BCUT2D eigenvalue weighted by Crippen LogP contribution is -2.43. The summed E-state index contributed by atoms with van der Waals surface area (Å²) in [4.78, 5) is 34.1. The van der Waals surface area contributed by atoms with Crippen LogP contribution in [0.1, 0.15) is 42.4 Å². The van der Waals surface area contributed by atoms with Crippen LogP contribution in [-0.2, 0) is 17.6 Å². The largest absolute Gasteiger partial charge is 0.481 e. The van der Waals surface area contributed by atoms with Gasteiger partial charge >= 0.3 is 6.03 Å². The lowest BCUT2D eigenvalue weighted by Gasteiger charge is -2.35. The summed E-state index contributed by atoms with van der Waals surface area (Å²) < 4.78 is 5.62. The molecule has 3 aliphatic rings. The molecule has 0 saturated heterocycles. The van der Waals surface area contributed by atoms with Crippen molar-refractivity contribution in [1.82, 2.24) is 14.8 Å². The first-order chi connectivity index (χ1) is 19.8. The number of halogens is 1. The highest BCUT2D eigenvalue weighted by atomic mass is 35.5. The van der Waals surface area contributed by atoms with E-state index in [1.54, 1.807) is 32.3 Å². The number of pyridine rings is 1. The van der Waals surface area contributed by atoms with E-state index in [-0.39, 0.29) is 11.9 Å². The molecular weight excluding hydrogens is 536 g/mol. The Labute approximate surface area is 245 Å². The van der Waals surface area contributed by atoms with E-state index >= 15 is 0 Å². The smallest absolute Gasteiger partial charge is 0.327 e. The number of rotatable bonds is 5. The number of aryl methyl sites for hydroxylation is 1. The average Bonchev–Trinajstić information content (AvgIpc) is 3.42. The number of benzene rings is 2. The first kappa shape index (κ1) is 27.1. The first-order valence-electron chi connectivity index (χ1n) is 14.0. The van der Waals surface area contributed by atoms with E-state index in [4.69, 9.17) is 21.3 Å². The number of carbonyl (C=O) groups excluding carboxylic acids is 2. The zero-order valence-corrected chi connectivity index (χ0v) is 24.6. The maximum Gasteiger partial charge on any atom is 0.327 e. The molecule has 6 rings (SSSR count). The van der Waals surface area contributed by atoms with Crippen LogP contribution in [0, 0.1) is 6.92 Å². The lowest BCUT2D eigenvalue weighted by molar-refractivity contribution is -0.112. The molecule has 2 aliphatic carbocycles. The number of ether oxygens (including phenoxy) is 1. The average molecular weight is 569 g/mol. The van der Waals surface area contributed by atoms with Crippen molar-refractivity contribution in [2.45, 2.75) is 45.4 Å². The van der Waals surface area contributed by atoms with Gasteiger partial charge in [-0.15, -0.1) is 0 Å². The van der Waals surface area contributed by atoms with Gasteiger partial charge in [0.15, 0.2) is 0 Å². The number of nitrogens with one attached hydrogen (secondary N) is 1. The number of hydrogen-bond donors (Lipinski definition) is 1. The number of methoxy groups -OCH3 is 1. The van der Waals surface area contributed by atoms with Crippen LogP contribution >= 0.6 is 11.6 Å². The molecule has 1 saturated carbocycles. The number of carbonyl (C=O) groups is 2. The quantitative estimate of drug-likeness (QED) is 0.355. The molecule has 1 fully saturated rings. The van der Waals surface area contributed by atoms with E-state index in [1.807, 2.05) is 43.3 Å². The van der Waals surface area contributed by atoms with Crippen LogP contribution in [0.3, 0.4) is 0 Å². The van der Waals surface area contributed by atoms with Crippen molar-refractivity contribution in [2.75, 3.05) is 26.5 Å². The fourth-order valence-corrected chi connectivity index (χ4v) is 6.37. The van der Waals surface area contributed by atoms with Gasteiger partial charge in [-0.2, -0.15) is 0 Å². The molecule has 7 nitrogen and oxygen atoms in total. The summed E-state index contributed by atoms with van der Waals surface area (Å²) >= 11 is 7.07. The summed E-state index contributed by atoms with van der Waals surface area (Å²) in [5, 5.41) is 3.71.